The van der Waals surface area contributed by atoms with Gasteiger partial charge in [-0.15, -0.1) is 0 Å². The van der Waals surface area contributed by atoms with Crippen LogP contribution in [0.4, 0.5) is 0 Å². The van der Waals surface area contributed by atoms with Gasteiger partial charge in [-0.25, -0.2) is 4.79 Å². The number of carboxylic acid groups (broad SMARTS) is 1. The van der Waals surface area contributed by atoms with Gasteiger partial charge in [0.2, 0.25) is 0 Å². The van der Waals surface area contributed by atoms with Crippen LogP contribution in [-0.2, 0) is 16.1 Å². The Hall–Kier alpha value is -2.67. The lowest BCUT2D eigenvalue weighted by Gasteiger charge is -2.03. The number of ether oxygens (including phenoxy) is 1. The molecule has 0 saturated heterocycles. The fourth-order valence-electron chi connectivity index (χ4n) is 1.84. The number of hydrogen-bond acceptors (Lipinski definition) is 4. The maximum Gasteiger partial charge on any atom is 0.329 e. The van der Waals surface area contributed by atoms with Gasteiger partial charge in [0.25, 0.3) is 5.91 Å². The summed E-state index contributed by atoms with van der Waals surface area (Å²) in [6, 6.07) is 9.81. The molecule has 2 rings (SSSR count). The molecule has 0 fully saturated rings. The van der Waals surface area contributed by atoms with E-state index in [0.717, 1.165) is 5.56 Å². The van der Waals surface area contributed by atoms with Crippen LogP contribution in [0.25, 0.3) is 0 Å². The summed E-state index contributed by atoms with van der Waals surface area (Å²) in [7, 11) is 0. The predicted molar refractivity (Wildman–Crippen MR) is 78.6 cm³/mol. The monoisotopic (exact) mass is 303 g/mol. The Morgan fingerprint density at radius 2 is 2.05 bits per heavy atom. The average molecular weight is 303 g/mol. The van der Waals surface area contributed by atoms with Crippen molar-refractivity contribution in [2.45, 2.75) is 6.54 Å². The second kappa shape index (κ2) is 7.94. The van der Waals surface area contributed by atoms with Crippen molar-refractivity contribution < 1.29 is 19.4 Å². The van der Waals surface area contributed by atoms with Crippen LogP contribution < -0.4 is 5.32 Å². The van der Waals surface area contributed by atoms with E-state index in [4.69, 9.17) is 9.84 Å². The van der Waals surface area contributed by atoms with Gasteiger partial charge in [0.1, 0.15) is 6.61 Å². The molecule has 7 heteroatoms. The maximum atomic E-state index is 11.9. The highest BCUT2D eigenvalue weighted by Crippen LogP contribution is 2.03. The zero-order valence-electron chi connectivity index (χ0n) is 11.9. The summed E-state index contributed by atoms with van der Waals surface area (Å²) in [5.41, 5.74) is 1.55. The van der Waals surface area contributed by atoms with E-state index in [0.29, 0.717) is 12.1 Å². The van der Waals surface area contributed by atoms with Crippen LogP contribution in [0.2, 0.25) is 0 Å². The van der Waals surface area contributed by atoms with Crippen LogP contribution in [0.1, 0.15) is 15.9 Å². The van der Waals surface area contributed by atoms with Crippen molar-refractivity contribution in [2.75, 3.05) is 19.8 Å². The second-order valence-corrected chi connectivity index (χ2v) is 4.61. The summed E-state index contributed by atoms with van der Waals surface area (Å²) in [6.45, 7) is 0.618. The lowest BCUT2D eigenvalue weighted by atomic mass is 10.2. The average Bonchev–Trinajstić information content (AvgIpc) is 2.96. The smallest absolute Gasteiger partial charge is 0.329 e. The minimum absolute atomic E-state index is 0.149. The number of aromatic nitrogens is 2. The van der Waals surface area contributed by atoms with Crippen molar-refractivity contribution in [1.82, 2.24) is 15.1 Å². The molecule has 0 aliphatic carbocycles. The molecular weight excluding hydrogens is 286 g/mol. The number of carbonyl (C=O) groups excluding carboxylic acids is 1. The van der Waals surface area contributed by atoms with Crippen molar-refractivity contribution in [2.24, 2.45) is 0 Å². The zero-order valence-corrected chi connectivity index (χ0v) is 11.9. The van der Waals surface area contributed by atoms with Gasteiger partial charge in [-0.2, -0.15) is 5.10 Å². The van der Waals surface area contributed by atoms with Crippen LogP contribution in [-0.4, -0.2) is 46.5 Å². The number of nitrogens with zero attached hydrogens (tertiary/aromatic N) is 2. The summed E-state index contributed by atoms with van der Waals surface area (Å²) in [5.74, 6) is -1.30. The summed E-state index contributed by atoms with van der Waals surface area (Å²) in [6.07, 6.45) is 3.16. The van der Waals surface area contributed by atoms with Crippen molar-refractivity contribution in [3.05, 3.63) is 53.9 Å². The largest absolute Gasteiger partial charge is 0.480 e. The SMILES string of the molecule is O=C(O)COCCNC(=O)c1cnn(Cc2ccccc2)c1. The first-order chi connectivity index (χ1) is 10.6. The van der Waals surface area contributed by atoms with E-state index in [9.17, 15) is 9.59 Å². The minimum atomic E-state index is -1.03. The zero-order chi connectivity index (χ0) is 15.8. The standard InChI is InChI=1S/C15H17N3O4/c19-14(20)11-22-7-6-16-15(21)13-8-17-18(10-13)9-12-4-2-1-3-5-12/h1-5,8,10H,6-7,9,11H2,(H,16,21)(H,19,20). The number of rotatable bonds is 8. The number of amides is 1. The second-order valence-electron chi connectivity index (χ2n) is 4.61. The molecule has 0 radical (unpaired) electrons. The lowest BCUT2D eigenvalue weighted by Crippen LogP contribution is -2.27. The molecule has 1 aromatic carbocycles. The minimum Gasteiger partial charge on any atom is -0.480 e. The molecule has 1 aromatic heterocycles. The molecule has 22 heavy (non-hydrogen) atoms. The number of aliphatic carboxylic acids is 1. The predicted octanol–water partition coefficient (Wildman–Crippen LogP) is 0.762. The molecule has 0 bridgehead atoms. The van der Waals surface area contributed by atoms with E-state index in [-0.39, 0.29) is 25.7 Å². The topological polar surface area (TPSA) is 93.4 Å². The van der Waals surface area contributed by atoms with Crippen molar-refractivity contribution >= 4 is 11.9 Å². The molecule has 1 amide bonds. The number of carboxylic acids is 1. The van der Waals surface area contributed by atoms with E-state index in [1.807, 2.05) is 30.3 Å². The van der Waals surface area contributed by atoms with Crippen molar-refractivity contribution in [3.63, 3.8) is 0 Å². The van der Waals surface area contributed by atoms with Gasteiger partial charge in [-0.05, 0) is 5.56 Å². The number of hydrogen-bond donors (Lipinski definition) is 2. The molecule has 2 aromatic rings. The molecule has 0 aliphatic heterocycles. The molecular formula is C15H17N3O4. The van der Waals surface area contributed by atoms with E-state index >= 15 is 0 Å². The fourth-order valence-corrected chi connectivity index (χ4v) is 1.84. The molecule has 0 aliphatic rings. The number of nitrogens with one attached hydrogen (secondary N) is 1. The Kier molecular flexibility index (Phi) is 5.67. The van der Waals surface area contributed by atoms with Gasteiger partial charge in [-0.3, -0.25) is 9.48 Å². The van der Waals surface area contributed by atoms with E-state index < -0.39 is 5.97 Å². The third kappa shape index (κ3) is 5.02. The molecule has 116 valence electrons. The number of benzene rings is 1. The summed E-state index contributed by atoms with van der Waals surface area (Å²) in [4.78, 5) is 22.1. The van der Waals surface area contributed by atoms with Gasteiger partial charge in [-0.1, -0.05) is 30.3 Å². The Bertz CT molecular complexity index is 625. The molecule has 2 N–H and O–H groups in total. The molecule has 0 unspecified atom stereocenters. The summed E-state index contributed by atoms with van der Waals surface area (Å²) < 4.78 is 6.52. The first kappa shape index (κ1) is 15.7. The number of carbonyl (C=O) groups is 2. The Balaban J connectivity index is 1.78. The normalized spacial score (nSPS) is 10.4. The molecule has 7 nitrogen and oxygen atoms in total. The van der Waals surface area contributed by atoms with Crippen molar-refractivity contribution in [1.29, 1.82) is 0 Å². The van der Waals surface area contributed by atoms with E-state index in [1.54, 1.807) is 10.9 Å². The fraction of sp³-hybridized carbons (Fsp3) is 0.267. The van der Waals surface area contributed by atoms with Crippen LogP contribution in [0, 0.1) is 0 Å². The van der Waals surface area contributed by atoms with Gasteiger partial charge >= 0.3 is 5.97 Å². The van der Waals surface area contributed by atoms with E-state index in [2.05, 4.69) is 10.4 Å². The van der Waals surface area contributed by atoms with Crippen LogP contribution >= 0.6 is 0 Å². The summed E-state index contributed by atoms with van der Waals surface area (Å²) >= 11 is 0. The third-order valence-corrected chi connectivity index (χ3v) is 2.84. The Morgan fingerprint density at radius 3 is 2.77 bits per heavy atom. The highest BCUT2D eigenvalue weighted by molar-refractivity contribution is 5.93. The van der Waals surface area contributed by atoms with Gasteiger partial charge in [0.15, 0.2) is 0 Å². The molecule has 0 saturated carbocycles. The van der Waals surface area contributed by atoms with Crippen molar-refractivity contribution in [3.8, 4) is 0 Å². The van der Waals surface area contributed by atoms with Gasteiger partial charge in [0.05, 0.1) is 24.9 Å². The molecule has 0 atom stereocenters. The quantitative estimate of drug-likeness (QED) is 0.702. The van der Waals surface area contributed by atoms with Crippen LogP contribution in [0.15, 0.2) is 42.7 Å². The van der Waals surface area contributed by atoms with Gasteiger partial charge in [0, 0.05) is 12.7 Å². The van der Waals surface area contributed by atoms with Crippen LogP contribution in [0.5, 0.6) is 0 Å². The first-order valence-corrected chi connectivity index (χ1v) is 6.79. The van der Waals surface area contributed by atoms with E-state index in [1.165, 1.54) is 6.20 Å². The maximum absolute atomic E-state index is 11.9. The highest BCUT2D eigenvalue weighted by Gasteiger charge is 2.08. The molecule has 0 spiro atoms. The highest BCUT2D eigenvalue weighted by atomic mass is 16.5. The lowest BCUT2D eigenvalue weighted by molar-refractivity contribution is -0.142. The van der Waals surface area contributed by atoms with Gasteiger partial charge < -0.3 is 15.2 Å². The molecule has 1 heterocycles. The Labute approximate surface area is 127 Å². The third-order valence-electron chi connectivity index (χ3n) is 2.84. The summed E-state index contributed by atoms with van der Waals surface area (Å²) in [5, 5.41) is 15.2. The van der Waals surface area contributed by atoms with Crippen LogP contribution in [0.3, 0.4) is 0 Å². The first-order valence-electron chi connectivity index (χ1n) is 6.79. The Morgan fingerprint density at radius 1 is 1.27 bits per heavy atom.